The molecule has 0 radical (unpaired) electrons. The van der Waals surface area contributed by atoms with Gasteiger partial charge in [0.05, 0.1) is 7.11 Å². The van der Waals surface area contributed by atoms with Gasteiger partial charge in [-0.25, -0.2) is 0 Å². The first-order valence-corrected chi connectivity index (χ1v) is 9.55. The van der Waals surface area contributed by atoms with Gasteiger partial charge in [-0.3, -0.25) is 0 Å². The molecule has 1 aliphatic heterocycles. The summed E-state index contributed by atoms with van der Waals surface area (Å²) in [6, 6.07) is 20.2. The number of ether oxygens (including phenoxy) is 1. The number of oxazole rings is 1. The number of benzene rings is 2. The molecule has 1 aromatic heterocycles. The van der Waals surface area contributed by atoms with Crippen molar-refractivity contribution in [1.29, 1.82) is 5.26 Å². The van der Waals surface area contributed by atoms with E-state index in [9.17, 15) is 5.26 Å². The van der Waals surface area contributed by atoms with E-state index in [1.165, 1.54) is 0 Å². The quantitative estimate of drug-likeness (QED) is 0.659. The first kappa shape index (κ1) is 18.6. The van der Waals surface area contributed by atoms with E-state index in [1.54, 1.807) is 13.2 Å². The molecule has 29 heavy (non-hydrogen) atoms. The minimum atomic E-state index is 0.329. The molecule has 0 atom stereocenters. The van der Waals surface area contributed by atoms with Gasteiger partial charge in [-0.15, -0.1) is 0 Å². The molecule has 0 aliphatic carbocycles. The van der Waals surface area contributed by atoms with Crippen molar-refractivity contribution in [2.24, 2.45) is 0 Å². The van der Waals surface area contributed by atoms with Crippen molar-refractivity contribution in [3.05, 3.63) is 71.7 Å². The van der Waals surface area contributed by atoms with Crippen molar-refractivity contribution < 1.29 is 9.15 Å². The molecule has 3 aromatic rings. The summed E-state index contributed by atoms with van der Waals surface area (Å²) in [7, 11) is 1.67. The fraction of sp³-hybridized carbons (Fsp3) is 0.217. The molecule has 1 fully saturated rings. The van der Waals surface area contributed by atoms with Crippen molar-refractivity contribution >= 4 is 23.7 Å². The summed E-state index contributed by atoms with van der Waals surface area (Å²) in [6.45, 7) is 3.20. The molecular weight excluding hydrogens is 364 g/mol. The van der Waals surface area contributed by atoms with Gasteiger partial charge in [0.15, 0.2) is 0 Å². The molecule has 2 heterocycles. The highest BCUT2D eigenvalue weighted by molar-refractivity contribution is 5.67. The average Bonchev–Trinajstić information content (AvgIpc) is 3.22. The van der Waals surface area contributed by atoms with Crippen LogP contribution in [0.5, 0.6) is 5.75 Å². The zero-order chi connectivity index (χ0) is 20.1. The molecule has 0 unspecified atom stereocenters. The summed E-state index contributed by atoms with van der Waals surface area (Å²) in [4.78, 5) is 8.73. The van der Waals surface area contributed by atoms with Crippen LogP contribution in [0, 0.1) is 11.3 Å². The lowest BCUT2D eigenvalue weighted by Gasteiger charge is -2.35. The van der Waals surface area contributed by atoms with E-state index in [1.807, 2.05) is 48.5 Å². The van der Waals surface area contributed by atoms with Crippen LogP contribution in [-0.2, 0) is 0 Å². The Kier molecular flexibility index (Phi) is 5.48. The second-order valence-corrected chi connectivity index (χ2v) is 6.73. The summed E-state index contributed by atoms with van der Waals surface area (Å²) >= 11 is 0. The lowest BCUT2D eigenvalue weighted by Crippen LogP contribution is -2.46. The predicted octanol–water partition coefficient (Wildman–Crippen LogP) is 4.05. The van der Waals surface area contributed by atoms with Gasteiger partial charge in [0.25, 0.3) is 0 Å². The number of methoxy groups -OCH3 is 1. The number of nitrogens with zero attached hydrogens (tertiary/aromatic N) is 4. The fourth-order valence-corrected chi connectivity index (χ4v) is 3.38. The van der Waals surface area contributed by atoms with E-state index in [-0.39, 0.29) is 0 Å². The number of nitriles is 1. The first-order chi connectivity index (χ1) is 14.3. The van der Waals surface area contributed by atoms with Gasteiger partial charge in [-0.1, -0.05) is 30.3 Å². The van der Waals surface area contributed by atoms with Crippen LogP contribution in [0.3, 0.4) is 0 Å². The van der Waals surface area contributed by atoms with Crippen LogP contribution < -0.4 is 14.5 Å². The molecule has 0 bridgehead atoms. The Balaban J connectivity index is 1.44. The third-order valence-electron chi connectivity index (χ3n) is 4.95. The predicted molar refractivity (Wildman–Crippen MR) is 114 cm³/mol. The summed E-state index contributed by atoms with van der Waals surface area (Å²) in [5.74, 6) is 1.84. The third kappa shape index (κ3) is 4.25. The van der Waals surface area contributed by atoms with E-state index in [0.717, 1.165) is 43.2 Å². The summed E-state index contributed by atoms with van der Waals surface area (Å²) in [5.41, 5.74) is 2.55. The normalized spacial score (nSPS) is 14.2. The van der Waals surface area contributed by atoms with Crippen LogP contribution in [0.1, 0.15) is 17.1 Å². The van der Waals surface area contributed by atoms with Gasteiger partial charge >= 0.3 is 0 Å². The Labute approximate surface area is 170 Å². The van der Waals surface area contributed by atoms with Gasteiger partial charge in [-0.05, 0) is 35.9 Å². The van der Waals surface area contributed by atoms with Crippen LogP contribution in [-0.4, -0.2) is 38.3 Å². The van der Waals surface area contributed by atoms with Crippen LogP contribution in [0.2, 0.25) is 0 Å². The van der Waals surface area contributed by atoms with Crippen LogP contribution >= 0.6 is 0 Å². The summed E-state index contributed by atoms with van der Waals surface area (Å²) in [5, 5.41) is 9.48. The zero-order valence-electron chi connectivity index (χ0n) is 16.3. The van der Waals surface area contributed by atoms with Crippen molar-refractivity contribution in [2.75, 3.05) is 43.1 Å². The molecule has 6 nitrogen and oxygen atoms in total. The Morgan fingerprint density at radius 3 is 2.31 bits per heavy atom. The first-order valence-electron chi connectivity index (χ1n) is 9.55. The van der Waals surface area contributed by atoms with Crippen LogP contribution in [0.4, 0.5) is 11.6 Å². The highest BCUT2D eigenvalue weighted by atomic mass is 16.5. The molecule has 146 valence electrons. The van der Waals surface area contributed by atoms with Crippen molar-refractivity contribution in [3.8, 4) is 11.8 Å². The molecule has 0 spiro atoms. The second kappa shape index (κ2) is 8.53. The Bertz CT molecular complexity index is 1010. The molecule has 4 rings (SSSR count). The lowest BCUT2D eigenvalue weighted by atomic mass is 10.2. The highest BCUT2D eigenvalue weighted by Crippen LogP contribution is 2.26. The molecule has 0 amide bonds. The summed E-state index contributed by atoms with van der Waals surface area (Å²) in [6.07, 6.45) is 3.73. The molecule has 2 aromatic carbocycles. The van der Waals surface area contributed by atoms with Gasteiger partial charge in [0.2, 0.25) is 17.5 Å². The monoisotopic (exact) mass is 386 g/mol. The SMILES string of the molecule is COc1ccc(N2CCN(c3oc(C=Cc4ccccc4)nc3C#N)CC2)cc1. The standard InChI is InChI=1S/C23H22N4O2/c1-28-20-10-8-19(9-11-20)26-13-15-27(16-14-26)23-21(17-24)25-22(29-23)12-7-18-5-3-2-4-6-18/h2-12H,13-16H2,1H3. The largest absolute Gasteiger partial charge is 0.497 e. The number of hydrogen-bond donors (Lipinski definition) is 0. The van der Waals surface area contributed by atoms with Gasteiger partial charge in [0.1, 0.15) is 11.8 Å². The molecular formula is C23H22N4O2. The molecule has 1 saturated heterocycles. The number of anilines is 2. The molecule has 6 heteroatoms. The second-order valence-electron chi connectivity index (χ2n) is 6.73. The van der Waals surface area contributed by atoms with E-state index >= 15 is 0 Å². The Morgan fingerprint density at radius 2 is 1.66 bits per heavy atom. The maximum atomic E-state index is 9.48. The smallest absolute Gasteiger partial charge is 0.235 e. The minimum absolute atomic E-state index is 0.329. The maximum Gasteiger partial charge on any atom is 0.235 e. The topological polar surface area (TPSA) is 65.5 Å². The number of aromatic nitrogens is 1. The van der Waals surface area contributed by atoms with Crippen molar-refractivity contribution in [2.45, 2.75) is 0 Å². The van der Waals surface area contributed by atoms with E-state index < -0.39 is 0 Å². The summed E-state index contributed by atoms with van der Waals surface area (Å²) < 4.78 is 11.1. The van der Waals surface area contributed by atoms with E-state index in [4.69, 9.17) is 9.15 Å². The van der Waals surface area contributed by atoms with Crippen molar-refractivity contribution in [3.63, 3.8) is 0 Å². The van der Waals surface area contributed by atoms with Gasteiger partial charge in [0, 0.05) is 37.9 Å². The molecule has 1 aliphatic rings. The van der Waals surface area contributed by atoms with Gasteiger partial charge in [-0.2, -0.15) is 10.2 Å². The fourth-order valence-electron chi connectivity index (χ4n) is 3.38. The van der Waals surface area contributed by atoms with Gasteiger partial charge < -0.3 is 19.0 Å². The minimum Gasteiger partial charge on any atom is -0.497 e. The van der Waals surface area contributed by atoms with E-state index in [0.29, 0.717) is 17.5 Å². The zero-order valence-corrected chi connectivity index (χ0v) is 16.3. The number of rotatable bonds is 5. The Morgan fingerprint density at radius 1 is 0.966 bits per heavy atom. The Hall–Kier alpha value is -3.72. The third-order valence-corrected chi connectivity index (χ3v) is 4.95. The average molecular weight is 386 g/mol. The van der Waals surface area contributed by atoms with Crippen molar-refractivity contribution in [1.82, 2.24) is 4.98 Å². The lowest BCUT2D eigenvalue weighted by molar-refractivity contribution is 0.415. The van der Waals surface area contributed by atoms with Crippen LogP contribution in [0.25, 0.3) is 12.2 Å². The van der Waals surface area contributed by atoms with E-state index in [2.05, 4.69) is 33.0 Å². The molecule has 0 saturated carbocycles. The number of piperazine rings is 1. The molecule has 0 N–H and O–H groups in total. The maximum absolute atomic E-state index is 9.48. The van der Waals surface area contributed by atoms with Crippen LogP contribution in [0.15, 0.2) is 59.0 Å². The highest BCUT2D eigenvalue weighted by Gasteiger charge is 2.24. The number of hydrogen-bond acceptors (Lipinski definition) is 6.